The molecule has 1 aliphatic heterocycles. The molecule has 17 heavy (non-hydrogen) atoms. The number of carboxylic acid groups (broad SMARTS) is 1. The highest BCUT2D eigenvalue weighted by atomic mass is 16.4. The Hall–Kier alpha value is -1.29. The lowest BCUT2D eigenvalue weighted by atomic mass is 9.84. The molecule has 1 N–H and O–H groups in total. The van der Waals surface area contributed by atoms with Crippen LogP contribution < -0.4 is 0 Å². The third-order valence-corrected chi connectivity index (χ3v) is 3.74. The zero-order chi connectivity index (χ0) is 12.5. The molecule has 1 saturated heterocycles. The van der Waals surface area contributed by atoms with Crippen molar-refractivity contribution in [3.05, 3.63) is 23.7 Å². The average Bonchev–Trinajstić information content (AvgIpc) is 2.87. The van der Waals surface area contributed by atoms with Crippen LogP contribution in [-0.2, 0) is 11.3 Å². The van der Waals surface area contributed by atoms with Crippen LogP contribution in [0.3, 0.4) is 0 Å². The summed E-state index contributed by atoms with van der Waals surface area (Å²) in [5.74, 6) is 1.15. The van der Waals surface area contributed by atoms with Crippen LogP contribution in [0, 0.1) is 12.3 Å². The predicted molar refractivity (Wildman–Crippen MR) is 63.7 cm³/mol. The zero-order valence-corrected chi connectivity index (χ0v) is 10.4. The van der Waals surface area contributed by atoms with Gasteiger partial charge in [-0.05, 0) is 38.4 Å². The van der Waals surface area contributed by atoms with Crippen LogP contribution in [0.1, 0.15) is 31.3 Å². The van der Waals surface area contributed by atoms with Gasteiger partial charge in [0.15, 0.2) is 0 Å². The molecule has 0 bridgehead atoms. The van der Waals surface area contributed by atoms with Crippen molar-refractivity contribution in [1.29, 1.82) is 0 Å². The monoisotopic (exact) mass is 237 g/mol. The molecule has 0 aliphatic carbocycles. The number of rotatable bonds is 4. The lowest BCUT2D eigenvalue weighted by Gasteiger charge is -2.22. The van der Waals surface area contributed by atoms with Gasteiger partial charge in [-0.3, -0.25) is 9.69 Å². The van der Waals surface area contributed by atoms with E-state index in [9.17, 15) is 9.90 Å². The van der Waals surface area contributed by atoms with Crippen LogP contribution >= 0.6 is 0 Å². The highest BCUT2D eigenvalue weighted by molar-refractivity contribution is 5.75. The molecule has 0 amide bonds. The quantitative estimate of drug-likeness (QED) is 0.872. The van der Waals surface area contributed by atoms with E-state index >= 15 is 0 Å². The maximum atomic E-state index is 11.3. The Labute approximate surface area is 101 Å². The number of hydrogen-bond acceptors (Lipinski definition) is 3. The number of carboxylic acids is 1. The van der Waals surface area contributed by atoms with Crippen molar-refractivity contribution in [3.8, 4) is 0 Å². The van der Waals surface area contributed by atoms with Crippen molar-refractivity contribution in [2.45, 2.75) is 33.2 Å². The standard InChI is InChI=1S/C13H19NO3/c1-3-13(12(15)16)6-7-14(9-13)8-11-5-4-10(2)17-11/h4-5H,3,6-9H2,1-2H3,(H,15,16). The summed E-state index contributed by atoms with van der Waals surface area (Å²) in [5.41, 5.74) is -0.554. The molecule has 4 nitrogen and oxygen atoms in total. The first-order valence-electron chi connectivity index (χ1n) is 6.07. The average molecular weight is 237 g/mol. The number of furan rings is 1. The molecule has 4 heteroatoms. The van der Waals surface area contributed by atoms with Gasteiger partial charge in [0.05, 0.1) is 12.0 Å². The van der Waals surface area contributed by atoms with Gasteiger partial charge in [0, 0.05) is 6.54 Å². The van der Waals surface area contributed by atoms with E-state index in [0.29, 0.717) is 19.5 Å². The largest absolute Gasteiger partial charge is 0.481 e. The van der Waals surface area contributed by atoms with Gasteiger partial charge in [0.25, 0.3) is 0 Å². The summed E-state index contributed by atoms with van der Waals surface area (Å²) in [4.78, 5) is 13.5. The molecule has 0 spiro atoms. The van der Waals surface area contributed by atoms with E-state index in [1.807, 2.05) is 26.0 Å². The minimum absolute atomic E-state index is 0.554. The number of carbonyl (C=O) groups is 1. The summed E-state index contributed by atoms with van der Waals surface area (Å²) >= 11 is 0. The summed E-state index contributed by atoms with van der Waals surface area (Å²) in [6.07, 6.45) is 1.43. The molecule has 1 aromatic rings. The summed E-state index contributed by atoms with van der Waals surface area (Å²) in [7, 11) is 0. The van der Waals surface area contributed by atoms with E-state index in [2.05, 4.69) is 4.90 Å². The lowest BCUT2D eigenvalue weighted by Crippen LogP contribution is -2.33. The van der Waals surface area contributed by atoms with Crippen LogP contribution in [0.15, 0.2) is 16.5 Å². The Morgan fingerprint density at radius 2 is 2.35 bits per heavy atom. The van der Waals surface area contributed by atoms with Gasteiger partial charge >= 0.3 is 5.97 Å². The summed E-state index contributed by atoms with van der Waals surface area (Å²) < 4.78 is 5.52. The molecule has 0 saturated carbocycles. The number of hydrogen-bond donors (Lipinski definition) is 1. The molecule has 2 heterocycles. The van der Waals surface area contributed by atoms with E-state index < -0.39 is 11.4 Å². The van der Waals surface area contributed by atoms with Crippen LogP contribution in [-0.4, -0.2) is 29.1 Å². The molecule has 1 fully saturated rings. The lowest BCUT2D eigenvalue weighted by molar-refractivity contribution is -0.148. The Kier molecular flexibility index (Phi) is 3.24. The summed E-state index contributed by atoms with van der Waals surface area (Å²) in [5, 5.41) is 9.30. The first-order chi connectivity index (χ1) is 8.05. The fraction of sp³-hybridized carbons (Fsp3) is 0.615. The van der Waals surface area contributed by atoms with E-state index in [-0.39, 0.29) is 0 Å². The first-order valence-corrected chi connectivity index (χ1v) is 6.07. The molecule has 0 radical (unpaired) electrons. The molecule has 94 valence electrons. The van der Waals surface area contributed by atoms with Crippen LogP contribution in [0.25, 0.3) is 0 Å². The van der Waals surface area contributed by atoms with Crippen LogP contribution in [0.4, 0.5) is 0 Å². The van der Waals surface area contributed by atoms with Crippen molar-refractivity contribution in [3.63, 3.8) is 0 Å². The molecular weight excluding hydrogens is 218 g/mol. The van der Waals surface area contributed by atoms with E-state index in [1.165, 1.54) is 0 Å². The SMILES string of the molecule is CCC1(C(=O)O)CCN(Cc2ccc(C)o2)C1. The predicted octanol–water partition coefficient (Wildman–Crippen LogP) is 2.27. The van der Waals surface area contributed by atoms with Crippen LogP contribution in [0.5, 0.6) is 0 Å². The number of nitrogens with zero attached hydrogens (tertiary/aromatic N) is 1. The second kappa shape index (κ2) is 4.53. The molecule has 1 aliphatic rings. The fourth-order valence-corrected chi connectivity index (χ4v) is 2.50. The van der Waals surface area contributed by atoms with Gasteiger partial charge < -0.3 is 9.52 Å². The van der Waals surface area contributed by atoms with E-state index in [4.69, 9.17) is 4.42 Å². The maximum absolute atomic E-state index is 11.3. The Morgan fingerprint density at radius 1 is 1.59 bits per heavy atom. The van der Waals surface area contributed by atoms with Gasteiger partial charge in [-0.15, -0.1) is 0 Å². The second-order valence-corrected chi connectivity index (χ2v) is 4.91. The van der Waals surface area contributed by atoms with Crippen molar-refractivity contribution >= 4 is 5.97 Å². The minimum Gasteiger partial charge on any atom is -0.481 e. The van der Waals surface area contributed by atoms with E-state index in [1.54, 1.807) is 0 Å². The van der Waals surface area contributed by atoms with Gasteiger partial charge in [-0.25, -0.2) is 0 Å². The molecular formula is C13H19NO3. The highest BCUT2D eigenvalue weighted by Crippen LogP contribution is 2.34. The minimum atomic E-state index is -0.668. The van der Waals surface area contributed by atoms with E-state index in [0.717, 1.165) is 24.5 Å². The summed E-state index contributed by atoms with van der Waals surface area (Å²) in [6, 6.07) is 3.90. The zero-order valence-electron chi connectivity index (χ0n) is 10.4. The van der Waals surface area contributed by atoms with Gasteiger partial charge in [0.1, 0.15) is 11.5 Å². The molecule has 1 atom stereocenters. The van der Waals surface area contributed by atoms with Crippen molar-refractivity contribution in [1.82, 2.24) is 4.90 Å². The Morgan fingerprint density at radius 3 is 2.82 bits per heavy atom. The molecule has 1 aromatic heterocycles. The normalized spacial score (nSPS) is 25.3. The smallest absolute Gasteiger partial charge is 0.310 e. The van der Waals surface area contributed by atoms with Gasteiger partial charge in [-0.1, -0.05) is 6.92 Å². The summed E-state index contributed by atoms with van der Waals surface area (Å²) in [6.45, 7) is 6.04. The molecule has 2 rings (SSSR count). The molecule has 1 unspecified atom stereocenters. The first kappa shape index (κ1) is 12.2. The van der Waals surface area contributed by atoms with Gasteiger partial charge in [0.2, 0.25) is 0 Å². The number of aliphatic carboxylic acids is 1. The van der Waals surface area contributed by atoms with Crippen molar-refractivity contribution in [2.24, 2.45) is 5.41 Å². The van der Waals surface area contributed by atoms with Crippen LogP contribution in [0.2, 0.25) is 0 Å². The Bertz CT molecular complexity index is 413. The topological polar surface area (TPSA) is 53.7 Å². The third kappa shape index (κ3) is 2.36. The number of likely N-dealkylation sites (tertiary alicyclic amines) is 1. The van der Waals surface area contributed by atoms with Crippen molar-refractivity contribution < 1.29 is 14.3 Å². The third-order valence-electron chi connectivity index (χ3n) is 3.74. The molecule has 0 aromatic carbocycles. The fourth-order valence-electron chi connectivity index (χ4n) is 2.50. The second-order valence-electron chi connectivity index (χ2n) is 4.91. The maximum Gasteiger partial charge on any atom is 0.310 e. The van der Waals surface area contributed by atoms with Gasteiger partial charge in [-0.2, -0.15) is 0 Å². The Balaban J connectivity index is 2.00. The number of aryl methyl sites for hydroxylation is 1. The van der Waals surface area contributed by atoms with Crippen molar-refractivity contribution in [2.75, 3.05) is 13.1 Å². The highest BCUT2D eigenvalue weighted by Gasteiger charge is 2.43.